The molecule has 0 aliphatic carbocycles. The minimum Gasteiger partial charge on any atom is -0.477 e. The molecule has 2 aromatic rings. The van der Waals surface area contributed by atoms with Crippen molar-refractivity contribution < 1.29 is 4.74 Å². The summed E-state index contributed by atoms with van der Waals surface area (Å²) in [6.07, 6.45) is 1.76. The van der Waals surface area contributed by atoms with E-state index in [-0.39, 0.29) is 0 Å². The maximum Gasteiger partial charge on any atom is 0.224 e. The first-order valence-corrected chi connectivity index (χ1v) is 5.28. The molecule has 0 atom stereocenters. The lowest BCUT2D eigenvalue weighted by Crippen LogP contribution is -1.91. The summed E-state index contributed by atoms with van der Waals surface area (Å²) in [5.74, 6) is 0.679. The first kappa shape index (κ1) is 9.15. The highest BCUT2D eigenvalue weighted by Gasteiger charge is 2.04. The second-order valence-electron chi connectivity index (χ2n) is 2.64. The molecule has 2 aromatic heterocycles. The van der Waals surface area contributed by atoms with Crippen molar-refractivity contribution >= 4 is 11.3 Å². The minimum absolute atomic E-state index is 0.644. The minimum atomic E-state index is 0.644. The molecular weight excluding hydrogens is 196 g/mol. The average molecular weight is 206 g/mol. The molecule has 0 saturated carbocycles. The van der Waals surface area contributed by atoms with Gasteiger partial charge in [0.1, 0.15) is 5.01 Å². The van der Waals surface area contributed by atoms with Crippen LogP contribution in [0.1, 0.15) is 6.92 Å². The third-order valence-corrected chi connectivity index (χ3v) is 2.50. The summed E-state index contributed by atoms with van der Waals surface area (Å²) in [6, 6.07) is 5.78. The van der Waals surface area contributed by atoms with Crippen LogP contribution in [0.25, 0.3) is 10.7 Å². The van der Waals surface area contributed by atoms with E-state index in [0.717, 1.165) is 10.7 Å². The van der Waals surface area contributed by atoms with Crippen molar-refractivity contribution in [1.29, 1.82) is 0 Å². The first-order chi connectivity index (χ1) is 6.90. The summed E-state index contributed by atoms with van der Waals surface area (Å²) in [5.41, 5.74) is 0.892. The third kappa shape index (κ3) is 1.90. The lowest BCUT2D eigenvalue weighted by molar-refractivity contribution is 0.329. The van der Waals surface area contributed by atoms with Gasteiger partial charge in [-0.15, -0.1) is 11.3 Å². The normalized spacial score (nSPS) is 10.1. The van der Waals surface area contributed by atoms with Crippen LogP contribution in [-0.4, -0.2) is 16.6 Å². The van der Waals surface area contributed by atoms with Gasteiger partial charge in [-0.25, -0.2) is 4.98 Å². The molecule has 0 amide bonds. The molecule has 0 radical (unpaired) electrons. The Labute approximate surface area is 86.4 Å². The van der Waals surface area contributed by atoms with E-state index in [2.05, 4.69) is 9.97 Å². The van der Waals surface area contributed by atoms with E-state index in [9.17, 15) is 0 Å². The van der Waals surface area contributed by atoms with Gasteiger partial charge in [0.25, 0.3) is 0 Å². The largest absolute Gasteiger partial charge is 0.477 e. The van der Waals surface area contributed by atoms with Crippen LogP contribution in [0.4, 0.5) is 0 Å². The Kier molecular flexibility index (Phi) is 2.74. The van der Waals surface area contributed by atoms with Crippen LogP contribution in [0.5, 0.6) is 5.88 Å². The Balaban J connectivity index is 2.25. The molecule has 14 heavy (non-hydrogen) atoms. The van der Waals surface area contributed by atoms with Crippen LogP contribution in [0.3, 0.4) is 0 Å². The predicted octanol–water partition coefficient (Wildman–Crippen LogP) is 2.60. The molecule has 0 aromatic carbocycles. The predicted molar refractivity (Wildman–Crippen MR) is 56.5 cm³/mol. The van der Waals surface area contributed by atoms with Gasteiger partial charge in [0.2, 0.25) is 5.88 Å². The maximum atomic E-state index is 5.28. The second-order valence-corrected chi connectivity index (χ2v) is 3.50. The molecule has 0 saturated heterocycles. The van der Waals surface area contributed by atoms with E-state index in [1.165, 1.54) is 0 Å². The van der Waals surface area contributed by atoms with Gasteiger partial charge in [-0.05, 0) is 19.1 Å². The maximum absolute atomic E-state index is 5.28. The monoisotopic (exact) mass is 206 g/mol. The fraction of sp³-hybridized carbons (Fsp3) is 0.200. The summed E-state index contributed by atoms with van der Waals surface area (Å²) in [7, 11) is 0. The molecule has 0 aliphatic heterocycles. The van der Waals surface area contributed by atoms with Crippen molar-refractivity contribution in [1.82, 2.24) is 9.97 Å². The van der Waals surface area contributed by atoms with Gasteiger partial charge >= 0.3 is 0 Å². The van der Waals surface area contributed by atoms with Gasteiger partial charge in [-0.3, -0.25) is 4.98 Å². The molecule has 0 unspecified atom stereocenters. The lowest BCUT2D eigenvalue weighted by atomic mass is 10.4. The Hall–Kier alpha value is -1.42. The van der Waals surface area contributed by atoms with Crippen LogP contribution in [0, 0.1) is 0 Å². The Morgan fingerprint density at radius 2 is 2.36 bits per heavy atom. The quantitative estimate of drug-likeness (QED) is 0.774. The van der Waals surface area contributed by atoms with E-state index < -0.39 is 0 Å². The SMILES string of the molecule is CCOc1csc(-c2ccccn2)n1. The van der Waals surface area contributed by atoms with Gasteiger partial charge in [0.05, 0.1) is 17.7 Å². The first-order valence-electron chi connectivity index (χ1n) is 4.40. The third-order valence-electron chi connectivity index (χ3n) is 1.66. The number of pyridine rings is 1. The van der Waals surface area contributed by atoms with E-state index >= 15 is 0 Å². The van der Waals surface area contributed by atoms with Gasteiger partial charge in [0.15, 0.2) is 0 Å². The highest BCUT2D eigenvalue weighted by atomic mass is 32.1. The number of thiazole rings is 1. The van der Waals surface area contributed by atoms with E-state index in [1.54, 1.807) is 17.5 Å². The fourth-order valence-corrected chi connectivity index (χ4v) is 1.80. The van der Waals surface area contributed by atoms with Gasteiger partial charge in [-0.1, -0.05) is 6.07 Å². The molecule has 0 spiro atoms. The molecule has 72 valence electrons. The average Bonchev–Trinajstić information content (AvgIpc) is 2.68. The van der Waals surface area contributed by atoms with Crippen LogP contribution in [-0.2, 0) is 0 Å². The van der Waals surface area contributed by atoms with Gasteiger partial charge in [0, 0.05) is 6.20 Å². The summed E-state index contributed by atoms with van der Waals surface area (Å²) in [5, 5.41) is 2.79. The van der Waals surface area contributed by atoms with Crippen molar-refractivity contribution in [3.8, 4) is 16.6 Å². The highest BCUT2D eigenvalue weighted by Crippen LogP contribution is 2.24. The topological polar surface area (TPSA) is 35.0 Å². The van der Waals surface area contributed by atoms with E-state index in [4.69, 9.17) is 4.74 Å². The van der Waals surface area contributed by atoms with Crippen molar-refractivity contribution in [2.45, 2.75) is 6.92 Å². The number of hydrogen-bond acceptors (Lipinski definition) is 4. The molecule has 0 aliphatic rings. The Bertz CT molecular complexity index is 400. The molecule has 0 fully saturated rings. The van der Waals surface area contributed by atoms with E-state index in [0.29, 0.717) is 12.5 Å². The molecule has 2 heterocycles. The number of rotatable bonds is 3. The van der Waals surface area contributed by atoms with Crippen molar-refractivity contribution in [3.05, 3.63) is 29.8 Å². The number of hydrogen-bond donors (Lipinski definition) is 0. The molecule has 3 nitrogen and oxygen atoms in total. The van der Waals surface area contributed by atoms with Crippen LogP contribution in [0.2, 0.25) is 0 Å². The van der Waals surface area contributed by atoms with Crippen molar-refractivity contribution in [2.24, 2.45) is 0 Å². The van der Waals surface area contributed by atoms with Crippen molar-refractivity contribution in [3.63, 3.8) is 0 Å². The lowest BCUT2D eigenvalue weighted by Gasteiger charge is -1.95. The Morgan fingerprint density at radius 1 is 1.43 bits per heavy atom. The smallest absolute Gasteiger partial charge is 0.224 e. The van der Waals surface area contributed by atoms with Gasteiger partial charge < -0.3 is 4.74 Å². The summed E-state index contributed by atoms with van der Waals surface area (Å²) in [6.45, 7) is 2.59. The second kappa shape index (κ2) is 4.19. The zero-order valence-electron chi connectivity index (χ0n) is 7.80. The molecule has 2 rings (SSSR count). The van der Waals surface area contributed by atoms with Gasteiger partial charge in [-0.2, -0.15) is 0 Å². The molecule has 4 heteroatoms. The summed E-state index contributed by atoms with van der Waals surface area (Å²) >= 11 is 1.54. The zero-order chi connectivity index (χ0) is 9.80. The van der Waals surface area contributed by atoms with Crippen LogP contribution in [0.15, 0.2) is 29.8 Å². The molecule has 0 N–H and O–H groups in total. The van der Waals surface area contributed by atoms with Crippen LogP contribution < -0.4 is 4.74 Å². The molecular formula is C10H10N2OS. The standard InChI is InChI=1S/C10H10N2OS/c1-2-13-9-7-14-10(12-9)8-5-3-4-6-11-8/h3-7H,2H2,1H3. The number of aromatic nitrogens is 2. The molecule has 0 bridgehead atoms. The summed E-state index contributed by atoms with van der Waals surface area (Å²) in [4.78, 5) is 8.52. The fourth-order valence-electron chi connectivity index (χ4n) is 1.08. The van der Waals surface area contributed by atoms with E-state index in [1.807, 2.05) is 30.5 Å². The number of nitrogens with zero attached hydrogens (tertiary/aromatic N) is 2. The zero-order valence-corrected chi connectivity index (χ0v) is 8.62. The van der Waals surface area contributed by atoms with Crippen LogP contribution >= 0.6 is 11.3 Å². The Morgan fingerprint density at radius 3 is 3.07 bits per heavy atom. The highest BCUT2D eigenvalue weighted by molar-refractivity contribution is 7.13. The number of ether oxygens (including phenoxy) is 1. The van der Waals surface area contributed by atoms with Crippen molar-refractivity contribution in [2.75, 3.05) is 6.61 Å². The summed E-state index contributed by atoms with van der Waals surface area (Å²) < 4.78 is 5.28.